The van der Waals surface area contributed by atoms with E-state index in [0.717, 1.165) is 0 Å². The van der Waals surface area contributed by atoms with Crippen LogP contribution in [0.5, 0.6) is 0 Å². The summed E-state index contributed by atoms with van der Waals surface area (Å²) in [6.07, 6.45) is 5.01. The smallest absolute Gasteiger partial charge is 0.230 e. The van der Waals surface area contributed by atoms with Gasteiger partial charge in [0.2, 0.25) is 11.8 Å². The minimum absolute atomic E-state index is 0.0234. The van der Waals surface area contributed by atoms with Gasteiger partial charge >= 0.3 is 0 Å². The normalized spacial score (nSPS) is 31.7. The fourth-order valence-corrected chi connectivity index (χ4v) is 4.26. The molecule has 140 valence electrons. The van der Waals surface area contributed by atoms with E-state index in [1.807, 2.05) is 19.1 Å². The van der Waals surface area contributed by atoms with Crippen LogP contribution in [0.15, 0.2) is 29.0 Å². The highest BCUT2D eigenvalue weighted by Gasteiger charge is 2.66. The molecule has 1 aromatic rings. The van der Waals surface area contributed by atoms with Crippen LogP contribution in [0.1, 0.15) is 12.6 Å². The van der Waals surface area contributed by atoms with Crippen molar-refractivity contribution >= 4 is 11.8 Å². The van der Waals surface area contributed by atoms with Crippen molar-refractivity contribution in [3.8, 4) is 0 Å². The third kappa shape index (κ3) is 2.64. The molecule has 0 radical (unpaired) electrons. The Morgan fingerprint density at radius 1 is 1.54 bits per heavy atom. The van der Waals surface area contributed by atoms with E-state index in [1.54, 1.807) is 22.9 Å². The summed E-state index contributed by atoms with van der Waals surface area (Å²) < 4.78 is 16.3. The largest absolute Gasteiger partial charge is 0.380 e. The Morgan fingerprint density at radius 3 is 3.12 bits per heavy atom. The number of carbonyl (C=O) groups is 2. The SMILES string of the molecule is CCOCCN1C[C@]23C=C[C@H](O2)[C@@H](C(=O)N(C)Cc2ccon2)[C@H]3C1=O. The number of likely N-dealkylation sites (tertiary alicyclic amines) is 1. The Morgan fingerprint density at radius 2 is 2.38 bits per heavy atom. The number of rotatable bonds is 7. The van der Waals surface area contributed by atoms with Crippen molar-refractivity contribution in [2.75, 3.05) is 33.4 Å². The summed E-state index contributed by atoms with van der Waals surface area (Å²) in [5, 5.41) is 3.84. The van der Waals surface area contributed by atoms with Gasteiger partial charge in [-0.1, -0.05) is 17.3 Å². The second-order valence-corrected chi connectivity index (χ2v) is 7.04. The van der Waals surface area contributed by atoms with Gasteiger partial charge in [0.1, 0.15) is 17.6 Å². The van der Waals surface area contributed by atoms with Crippen LogP contribution < -0.4 is 0 Å². The van der Waals surface area contributed by atoms with Crippen LogP contribution in [0.25, 0.3) is 0 Å². The highest BCUT2D eigenvalue weighted by Crippen LogP contribution is 2.52. The first kappa shape index (κ1) is 17.2. The highest BCUT2D eigenvalue weighted by molar-refractivity contribution is 5.93. The molecule has 4 heterocycles. The molecule has 2 amide bonds. The van der Waals surface area contributed by atoms with Gasteiger partial charge in [-0.05, 0) is 6.92 Å². The Bertz CT molecular complexity index is 718. The molecule has 4 rings (SSSR count). The lowest BCUT2D eigenvalue weighted by Crippen LogP contribution is -2.44. The second kappa shape index (κ2) is 6.51. The van der Waals surface area contributed by atoms with Gasteiger partial charge in [0.25, 0.3) is 0 Å². The predicted octanol–water partition coefficient (Wildman–Crippen LogP) is 0.452. The van der Waals surface area contributed by atoms with Gasteiger partial charge in [0, 0.05) is 26.3 Å². The molecule has 2 fully saturated rings. The highest BCUT2D eigenvalue weighted by atomic mass is 16.5. The van der Waals surface area contributed by atoms with Crippen LogP contribution in [0.4, 0.5) is 0 Å². The molecule has 0 N–H and O–H groups in total. The standard InChI is InChI=1S/C18H23N3O5/c1-3-24-9-7-21-11-18-6-4-13(26-18)14(15(18)17(21)23)16(22)20(2)10-12-5-8-25-19-12/h4-6,8,13-15H,3,7,9-11H2,1-2H3/t13-,14+,15-,18-/m0/s1. The van der Waals surface area contributed by atoms with E-state index in [0.29, 0.717) is 38.5 Å². The van der Waals surface area contributed by atoms with Gasteiger partial charge in [0.05, 0.1) is 37.6 Å². The minimum atomic E-state index is -0.678. The van der Waals surface area contributed by atoms with Crippen molar-refractivity contribution < 1.29 is 23.6 Å². The lowest BCUT2D eigenvalue weighted by Gasteiger charge is -2.27. The van der Waals surface area contributed by atoms with Gasteiger partial charge in [-0.25, -0.2) is 0 Å². The van der Waals surface area contributed by atoms with Gasteiger partial charge in [-0.2, -0.15) is 0 Å². The van der Waals surface area contributed by atoms with Crippen LogP contribution in [0.3, 0.4) is 0 Å². The number of amides is 2. The second-order valence-electron chi connectivity index (χ2n) is 7.04. The van der Waals surface area contributed by atoms with Gasteiger partial charge in [-0.15, -0.1) is 0 Å². The molecule has 0 aromatic carbocycles. The summed E-state index contributed by atoms with van der Waals surface area (Å²) in [5.41, 5.74) is -0.00509. The molecule has 2 bridgehead atoms. The zero-order valence-corrected chi connectivity index (χ0v) is 15.0. The summed E-state index contributed by atoms with van der Waals surface area (Å²) in [5.74, 6) is -1.09. The first-order valence-corrected chi connectivity index (χ1v) is 8.93. The summed E-state index contributed by atoms with van der Waals surface area (Å²) in [6, 6.07) is 1.72. The predicted molar refractivity (Wildman–Crippen MR) is 89.8 cm³/mol. The molecule has 0 saturated carbocycles. The molecular weight excluding hydrogens is 338 g/mol. The quantitative estimate of drug-likeness (QED) is 0.518. The maximum Gasteiger partial charge on any atom is 0.230 e. The lowest BCUT2D eigenvalue weighted by molar-refractivity contribution is -0.143. The van der Waals surface area contributed by atoms with Crippen molar-refractivity contribution in [1.29, 1.82) is 0 Å². The molecule has 3 aliphatic heterocycles. The van der Waals surface area contributed by atoms with Gasteiger partial charge in [-0.3, -0.25) is 9.59 Å². The van der Waals surface area contributed by atoms with E-state index in [-0.39, 0.29) is 17.9 Å². The number of ether oxygens (including phenoxy) is 2. The maximum atomic E-state index is 13.1. The van der Waals surface area contributed by atoms with E-state index in [4.69, 9.17) is 14.0 Å². The average molecular weight is 361 g/mol. The van der Waals surface area contributed by atoms with Crippen molar-refractivity contribution in [3.63, 3.8) is 0 Å². The Labute approximate surface area is 151 Å². The minimum Gasteiger partial charge on any atom is -0.380 e. The van der Waals surface area contributed by atoms with Crippen molar-refractivity contribution in [3.05, 3.63) is 30.2 Å². The Balaban J connectivity index is 1.50. The number of fused-ring (bicyclic) bond motifs is 1. The number of hydrogen-bond acceptors (Lipinski definition) is 6. The molecule has 8 heteroatoms. The molecule has 3 aliphatic rings. The van der Waals surface area contributed by atoms with Crippen molar-refractivity contribution in [2.45, 2.75) is 25.2 Å². The molecule has 4 atom stereocenters. The zero-order chi connectivity index (χ0) is 18.3. The molecule has 0 unspecified atom stereocenters. The fraction of sp³-hybridized carbons (Fsp3) is 0.611. The summed E-state index contributed by atoms with van der Waals surface area (Å²) in [7, 11) is 1.71. The van der Waals surface area contributed by atoms with Crippen LogP contribution in [-0.2, 0) is 25.6 Å². The van der Waals surface area contributed by atoms with E-state index in [1.165, 1.54) is 6.26 Å². The fourth-order valence-electron chi connectivity index (χ4n) is 4.26. The van der Waals surface area contributed by atoms with Crippen molar-refractivity contribution in [1.82, 2.24) is 15.0 Å². The maximum absolute atomic E-state index is 13.1. The van der Waals surface area contributed by atoms with E-state index in [9.17, 15) is 9.59 Å². The Hall–Kier alpha value is -2.19. The monoisotopic (exact) mass is 361 g/mol. The molecular formula is C18H23N3O5. The first-order valence-electron chi connectivity index (χ1n) is 8.93. The van der Waals surface area contributed by atoms with E-state index < -0.39 is 17.4 Å². The summed E-state index contributed by atoms with van der Waals surface area (Å²) in [4.78, 5) is 29.4. The van der Waals surface area contributed by atoms with Crippen LogP contribution in [-0.4, -0.2) is 71.8 Å². The molecule has 1 spiro atoms. The molecule has 26 heavy (non-hydrogen) atoms. The van der Waals surface area contributed by atoms with Crippen LogP contribution in [0, 0.1) is 11.8 Å². The van der Waals surface area contributed by atoms with Crippen molar-refractivity contribution in [2.24, 2.45) is 11.8 Å². The van der Waals surface area contributed by atoms with E-state index >= 15 is 0 Å². The molecule has 0 aliphatic carbocycles. The van der Waals surface area contributed by atoms with Gasteiger partial charge in [0.15, 0.2) is 0 Å². The first-order chi connectivity index (χ1) is 12.6. The lowest BCUT2D eigenvalue weighted by atomic mass is 9.76. The Kier molecular flexibility index (Phi) is 4.32. The third-order valence-electron chi connectivity index (χ3n) is 5.44. The summed E-state index contributed by atoms with van der Waals surface area (Å²) >= 11 is 0. The zero-order valence-electron chi connectivity index (χ0n) is 15.0. The number of aromatic nitrogens is 1. The topological polar surface area (TPSA) is 85.1 Å². The molecule has 1 aromatic heterocycles. The van der Waals surface area contributed by atoms with E-state index in [2.05, 4.69) is 5.16 Å². The van der Waals surface area contributed by atoms with Crippen LogP contribution >= 0.6 is 0 Å². The number of carbonyl (C=O) groups excluding carboxylic acids is 2. The summed E-state index contributed by atoms with van der Waals surface area (Å²) in [6.45, 7) is 4.36. The van der Waals surface area contributed by atoms with Gasteiger partial charge < -0.3 is 23.8 Å². The third-order valence-corrected chi connectivity index (χ3v) is 5.44. The molecule has 8 nitrogen and oxygen atoms in total. The van der Waals surface area contributed by atoms with Crippen LogP contribution in [0.2, 0.25) is 0 Å². The number of nitrogens with zero attached hydrogens (tertiary/aromatic N) is 3. The molecule has 2 saturated heterocycles. The number of hydrogen-bond donors (Lipinski definition) is 0. The average Bonchev–Trinajstić information content (AvgIpc) is 3.38.